The average Bonchev–Trinajstić information content (AvgIpc) is 2.09. The first-order valence-corrected chi connectivity index (χ1v) is 3.98. The molecule has 0 bridgehead atoms. The molecule has 0 spiro atoms. The smallest absolute Gasteiger partial charge is 0.0567 e. The van der Waals surface area contributed by atoms with Crippen molar-refractivity contribution in [1.29, 1.82) is 0 Å². The summed E-state index contributed by atoms with van der Waals surface area (Å²) in [4.78, 5) is 4.07. The van der Waals surface area contributed by atoms with Crippen molar-refractivity contribution < 1.29 is 0 Å². The van der Waals surface area contributed by atoms with Crippen LogP contribution in [0.3, 0.4) is 0 Å². The van der Waals surface area contributed by atoms with Crippen LogP contribution in [-0.4, -0.2) is 12.8 Å². The van der Waals surface area contributed by atoms with Gasteiger partial charge < -0.3 is 0 Å². The number of nitrogens with zero attached hydrogens (tertiary/aromatic N) is 1. The number of rotatable bonds is 3. The van der Waals surface area contributed by atoms with E-state index in [9.17, 15) is 0 Å². The molecule has 0 heterocycles. The van der Waals surface area contributed by atoms with E-state index in [1.807, 2.05) is 0 Å². The first-order valence-electron chi connectivity index (χ1n) is 3.61. The molecule has 0 saturated carbocycles. The molecule has 0 aliphatic heterocycles. The van der Waals surface area contributed by atoms with Gasteiger partial charge in [-0.25, -0.2) is 0 Å². The van der Waals surface area contributed by atoms with Crippen LogP contribution in [0.2, 0.25) is 5.02 Å². The molecule has 0 aromatic heterocycles. The molecule has 1 aromatic rings. The van der Waals surface area contributed by atoms with Gasteiger partial charge in [0.25, 0.3) is 0 Å². The highest BCUT2D eigenvalue weighted by molar-refractivity contribution is 6.33. The Morgan fingerprint density at radius 3 is 3.17 bits per heavy atom. The second-order valence-corrected chi connectivity index (χ2v) is 2.64. The Morgan fingerprint density at radius 2 is 2.50 bits per heavy atom. The summed E-state index contributed by atoms with van der Waals surface area (Å²) in [6.07, 6.45) is 3.46. The van der Waals surface area contributed by atoms with Crippen LogP contribution in [0.1, 0.15) is 5.56 Å². The molecule has 1 radical (unpaired) electrons. The van der Waals surface area contributed by atoms with Crippen molar-refractivity contribution in [3.63, 3.8) is 0 Å². The predicted molar refractivity (Wildman–Crippen MR) is 52.9 cm³/mol. The van der Waals surface area contributed by atoms with Crippen LogP contribution in [0, 0.1) is 6.07 Å². The summed E-state index contributed by atoms with van der Waals surface area (Å²) in [6.45, 7) is 4.18. The zero-order chi connectivity index (χ0) is 8.81. The maximum Gasteiger partial charge on any atom is 0.0567 e. The first kappa shape index (κ1) is 9.01. The van der Waals surface area contributed by atoms with Gasteiger partial charge in [-0.3, -0.25) is 4.99 Å². The minimum atomic E-state index is 0.616. The Balaban J connectivity index is 2.74. The molecule has 1 aromatic carbocycles. The molecule has 0 aliphatic carbocycles. The van der Waals surface area contributed by atoms with Crippen molar-refractivity contribution in [2.24, 2.45) is 4.99 Å². The molecule has 1 nitrogen and oxygen atoms in total. The van der Waals surface area contributed by atoms with Crippen LogP contribution in [0.15, 0.2) is 35.8 Å². The van der Waals surface area contributed by atoms with Crippen LogP contribution in [-0.2, 0) is 0 Å². The molecule has 1 rings (SSSR count). The zero-order valence-electron chi connectivity index (χ0n) is 6.63. The van der Waals surface area contributed by atoms with E-state index < -0.39 is 0 Å². The van der Waals surface area contributed by atoms with E-state index in [1.54, 1.807) is 30.5 Å². The second-order valence-electron chi connectivity index (χ2n) is 2.23. The number of benzene rings is 1. The molecule has 61 valence electrons. The van der Waals surface area contributed by atoms with Crippen LogP contribution < -0.4 is 0 Å². The quantitative estimate of drug-likeness (QED) is 0.499. The SMILES string of the molecule is C=CCN=Cc1c[c]ccc1Cl. The standard InChI is InChI=1S/C10H9ClN/c1-2-7-12-8-9-5-3-4-6-10(9)11/h2,4-6,8H,1,7H2. The van der Waals surface area contributed by atoms with E-state index in [-0.39, 0.29) is 0 Å². The summed E-state index contributed by atoms with van der Waals surface area (Å²) >= 11 is 5.87. The Bertz CT molecular complexity index is 292. The summed E-state index contributed by atoms with van der Waals surface area (Å²) < 4.78 is 0. The molecule has 2 heteroatoms. The lowest BCUT2D eigenvalue weighted by Crippen LogP contribution is -1.83. The van der Waals surface area contributed by atoms with Gasteiger partial charge in [-0.2, -0.15) is 0 Å². The first-order chi connectivity index (χ1) is 5.84. The fourth-order valence-corrected chi connectivity index (χ4v) is 0.915. The van der Waals surface area contributed by atoms with E-state index >= 15 is 0 Å². The molecule has 0 amide bonds. The third-order valence-electron chi connectivity index (χ3n) is 1.31. The maximum absolute atomic E-state index is 5.87. The van der Waals surface area contributed by atoms with Crippen LogP contribution in [0.4, 0.5) is 0 Å². The third-order valence-corrected chi connectivity index (χ3v) is 1.65. The van der Waals surface area contributed by atoms with Crippen molar-refractivity contribution in [2.45, 2.75) is 0 Å². The van der Waals surface area contributed by atoms with Gasteiger partial charge in [-0.1, -0.05) is 23.7 Å². The summed E-state index contributed by atoms with van der Waals surface area (Å²) in [7, 11) is 0. The van der Waals surface area contributed by atoms with E-state index in [2.05, 4.69) is 17.6 Å². The summed E-state index contributed by atoms with van der Waals surface area (Å²) in [6, 6.07) is 8.29. The molecule has 0 unspecified atom stereocenters. The van der Waals surface area contributed by atoms with Crippen molar-refractivity contribution in [2.75, 3.05) is 6.54 Å². The topological polar surface area (TPSA) is 12.4 Å². The summed E-state index contributed by atoms with van der Waals surface area (Å²) in [5.74, 6) is 0. The molecule has 12 heavy (non-hydrogen) atoms. The van der Waals surface area contributed by atoms with Gasteiger partial charge in [0.1, 0.15) is 0 Å². The molecule has 0 fully saturated rings. The van der Waals surface area contributed by atoms with E-state index in [1.165, 1.54) is 0 Å². The normalized spacial score (nSPS) is 10.4. The second kappa shape index (κ2) is 4.73. The van der Waals surface area contributed by atoms with Crippen LogP contribution in [0.5, 0.6) is 0 Å². The van der Waals surface area contributed by atoms with Crippen molar-refractivity contribution in [1.82, 2.24) is 0 Å². The molecule has 0 atom stereocenters. The molecular weight excluding hydrogens is 170 g/mol. The summed E-state index contributed by atoms with van der Waals surface area (Å²) in [5, 5.41) is 0.696. The van der Waals surface area contributed by atoms with E-state index in [4.69, 9.17) is 11.6 Å². The number of hydrogen-bond acceptors (Lipinski definition) is 1. The van der Waals surface area contributed by atoms with Gasteiger partial charge in [0.15, 0.2) is 0 Å². The third kappa shape index (κ3) is 2.51. The average molecular weight is 179 g/mol. The minimum Gasteiger partial charge on any atom is -0.288 e. The Hall–Kier alpha value is -1.08. The molecule has 0 aliphatic rings. The Morgan fingerprint density at radius 1 is 1.67 bits per heavy atom. The van der Waals surface area contributed by atoms with Gasteiger partial charge in [0, 0.05) is 16.8 Å². The lowest BCUT2D eigenvalue weighted by Gasteiger charge is -1.93. The largest absolute Gasteiger partial charge is 0.288 e. The molecule has 0 N–H and O–H groups in total. The maximum atomic E-state index is 5.87. The number of halogens is 1. The highest BCUT2D eigenvalue weighted by atomic mass is 35.5. The molecular formula is C10H9ClN. The Labute approximate surface area is 77.4 Å². The fourth-order valence-electron chi connectivity index (χ4n) is 0.749. The van der Waals surface area contributed by atoms with Gasteiger partial charge in [0.2, 0.25) is 0 Å². The zero-order valence-corrected chi connectivity index (χ0v) is 7.38. The lowest BCUT2D eigenvalue weighted by atomic mass is 10.2. The van der Waals surface area contributed by atoms with E-state index in [0.717, 1.165) is 5.56 Å². The highest BCUT2D eigenvalue weighted by Crippen LogP contribution is 2.11. The predicted octanol–water partition coefficient (Wildman–Crippen LogP) is 2.75. The lowest BCUT2D eigenvalue weighted by molar-refractivity contribution is 1.26. The van der Waals surface area contributed by atoms with Gasteiger partial charge in [-0.05, 0) is 18.2 Å². The number of aliphatic imine (C=N–C) groups is 1. The molecule has 0 saturated heterocycles. The van der Waals surface area contributed by atoms with Crippen LogP contribution >= 0.6 is 11.6 Å². The van der Waals surface area contributed by atoms with Crippen molar-refractivity contribution >= 4 is 17.8 Å². The fraction of sp³-hybridized carbons (Fsp3) is 0.100. The highest BCUT2D eigenvalue weighted by Gasteiger charge is 1.92. The number of hydrogen-bond donors (Lipinski definition) is 0. The monoisotopic (exact) mass is 178 g/mol. The van der Waals surface area contributed by atoms with Crippen LogP contribution in [0.25, 0.3) is 0 Å². The Kier molecular flexibility index (Phi) is 3.55. The van der Waals surface area contributed by atoms with Crippen molar-refractivity contribution in [3.05, 3.63) is 47.5 Å². The van der Waals surface area contributed by atoms with E-state index in [0.29, 0.717) is 11.6 Å². The minimum absolute atomic E-state index is 0.616. The summed E-state index contributed by atoms with van der Waals surface area (Å²) in [5.41, 5.74) is 0.890. The van der Waals surface area contributed by atoms with Gasteiger partial charge in [-0.15, -0.1) is 6.58 Å². The van der Waals surface area contributed by atoms with Gasteiger partial charge in [0.05, 0.1) is 6.54 Å². The van der Waals surface area contributed by atoms with Gasteiger partial charge >= 0.3 is 0 Å². The van der Waals surface area contributed by atoms with Crippen molar-refractivity contribution in [3.8, 4) is 0 Å².